The topological polar surface area (TPSA) is 237 Å². The quantitative estimate of drug-likeness (QED) is 0.0222. The summed E-state index contributed by atoms with van der Waals surface area (Å²) in [4.78, 5) is 72.6. The van der Waals surface area contributed by atoms with E-state index in [1.54, 1.807) is 0 Å². The smallest absolute Gasteiger partial charge is 0.462 e. The summed E-state index contributed by atoms with van der Waals surface area (Å²) in [6.07, 6.45) is 49.8. The molecule has 540 valence electrons. The summed E-state index contributed by atoms with van der Waals surface area (Å²) in [6, 6.07) is 0. The van der Waals surface area contributed by atoms with E-state index in [4.69, 9.17) is 37.0 Å². The third-order valence-corrected chi connectivity index (χ3v) is 18.6. The molecule has 0 heterocycles. The molecule has 0 bridgehead atoms. The fourth-order valence-corrected chi connectivity index (χ4v) is 12.5. The predicted octanol–water partition coefficient (Wildman–Crippen LogP) is 20.8. The number of unbranched alkanes of at least 4 members (excludes halogenated alkanes) is 41. The molecular weight excluding hydrogens is 1200 g/mol. The number of carbonyl (C=O) groups is 4. The maximum atomic E-state index is 13.0. The van der Waals surface area contributed by atoms with E-state index in [-0.39, 0.29) is 25.7 Å². The van der Waals surface area contributed by atoms with E-state index in [0.717, 1.165) is 102 Å². The van der Waals surface area contributed by atoms with Gasteiger partial charge in [-0.1, -0.05) is 318 Å². The van der Waals surface area contributed by atoms with E-state index < -0.39 is 97.5 Å². The molecule has 0 rings (SSSR count). The van der Waals surface area contributed by atoms with Gasteiger partial charge in [-0.15, -0.1) is 0 Å². The highest BCUT2D eigenvalue weighted by Crippen LogP contribution is 2.45. The third kappa shape index (κ3) is 66.5. The van der Waals surface area contributed by atoms with Crippen molar-refractivity contribution in [1.82, 2.24) is 0 Å². The Morgan fingerprint density at radius 3 is 0.747 bits per heavy atom. The molecule has 0 aromatic rings. The van der Waals surface area contributed by atoms with Crippen LogP contribution in [0.1, 0.15) is 369 Å². The van der Waals surface area contributed by atoms with Crippen molar-refractivity contribution >= 4 is 39.5 Å². The van der Waals surface area contributed by atoms with Crippen LogP contribution < -0.4 is 0 Å². The first kappa shape index (κ1) is 89.1. The fraction of sp³-hybridized carbons (Fsp3) is 0.944. The molecule has 0 aliphatic carbocycles. The molecule has 0 fully saturated rings. The second-order valence-electron chi connectivity index (χ2n) is 26.9. The molecule has 91 heavy (non-hydrogen) atoms. The number of ether oxygens (including phenoxy) is 4. The van der Waals surface area contributed by atoms with Crippen LogP contribution in [0.4, 0.5) is 0 Å². The number of hydrogen-bond acceptors (Lipinski definition) is 15. The van der Waals surface area contributed by atoms with Crippen LogP contribution >= 0.6 is 15.6 Å². The molecular formula is C72H140O17P2. The Kier molecular flexibility index (Phi) is 62.7. The van der Waals surface area contributed by atoms with Crippen LogP contribution in [0, 0.1) is 11.8 Å². The van der Waals surface area contributed by atoms with Gasteiger partial charge < -0.3 is 33.8 Å². The zero-order chi connectivity index (χ0) is 67.2. The lowest BCUT2D eigenvalue weighted by atomic mass is 10.0. The Balaban J connectivity index is 5.23. The number of aliphatic hydroxyl groups excluding tert-OH is 1. The summed E-state index contributed by atoms with van der Waals surface area (Å²) in [7, 11) is -9.90. The van der Waals surface area contributed by atoms with E-state index in [1.165, 1.54) is 186 Å². The van der Waals surface area contributed by atoms with Gasteiger partial charge in [0.15, 0.2) is 12.2 Å². The molecule has 17 nitrogen and oxygen atoms in total. The van der Waals surface area contributed by atoms with Crippen LogP contribution in [-0.4, -0.2) is 96.7 Å². The fourth-order valence-electron chi connectivity index (χ4n) is 10.9. The number of esters is 4. The minimum absolute atomic E-state index is 0.107. The van der Waals surface area contributed by atoms with Crippen LogP contribution in [0.3, 0.4) is 0 Å². The van der Waals surface area contributed by atoms with Crippen molar-refractivity contribution in [3.63, 3.8) is 0 Å². The highest BCUT2D eigenvalue weighted by Gasteiger charge is 2.30. The number of aliphatic hydroxyl groups is 1. The Bertz CT molecular complexity index is 1770. The van der Waals surface area contributed by atoms with Crippen LogP contribution in [-0.2, 0) is 65.4 Å². The molecule has 0 radical (unpaired) electrons. The molecule has 2 unspecified atom stereocenters. The van der Waals surface area contributed by atoms with Gasteiger partial charge in [0.1, 0.15) is 19.3 Å². The second-order valence-corrected chi connectivity index (χ2v) is 29.8. The third-order valence-electron chi connectivity index (χ3n) is 16.7. The van der Waals surface area contributed by atoms with Crippen molar-refractivity contribution in [2.45, 2.75) is 387 Å². The van der Waals surface area contributed by atoms with Gasteiger partial charge in [-0.3, -0.25) is 37.3 Å². The van der Waals surface area contributed by atoms with E-state index in [1.807, 2.05) is 0 Å². The summed E-state index contributed by atoms with van der Waals surface area (Å²) in [5, 5.41) is 10.6. The summed E-state index contributed by atoms with van der Waals surface area (Å²) in [6.45, 7) is 9.58. The van der Waals surface area contributed by atoms with Crippen LogP contribution in [0.5, 0.6) is 0 Å². The average molecular weight is 1340 g/mol. The maximum absolute atomic E-state index is 13.0. The monoisotopic (exact) mass is 1340 g/mol. The van der Waals surface area contributed by atoms with Crippen LogP contribution in [0.25, 0.3) is 0 Å². The summed E-state index contributed by atoms with van der Waals surface area (Å²) >= 11 is 0. The first-order chi connectivity index (χ1) is 43.9. The van der Waals surface area contributed by atoms with Crippen molar-refractivity contribution in [1.29, 1.82) is 0 Å². The summed E-state index contributed by atoms with van der Waals surface area (Å²) in [5.41, 5.74) is 0. The number of phosphoric acid groups is 2. The molecule has 0 aromatic carbocycles. The Hall–Kier alpha value is -1.94. The van der Waals surface area contributed by atoms with Crippen LogP contribution in [0.2, 0.25) is 0 Å². The molecule has 0 aromatic heterocycles. The van der Waals surface area contributed by atoms with Gasteiger partial charge in [-0.2, -0.15) is 0 Å². The molecule has 0 amide bonds. The van der Waals surface area contributed by atoms with Gasteiger partial charge in [-0.25, -0.2) is 9.13 Å². The van der Waals surface area contributed by atoms with Gasteiger partial charge in [0, 0.05) is 25.7 Å². The molecule has 0 aliphatic heterocycles. The lowest BCUT2D eigenvalue weighted by molar-refractivity contribution is -0.161. The molecule has 0 saturated heterocycles. The van der Waals surface area contributed by atoms with Crippen molar-refractivity contribution in [3.05, 3.63) is 0 Å². The Morgan fingerprint density at radius 2 is 0.505 bits per heavy atom. The van der Waals surface area contributed by atoms with Crippen molar-refractivity contribution in [3.8, 4) is 0 Å². The molecule has 3 N–H and O–H groups in total. The average Bonchev–Trinajstić information content (AvgIpc) is 3.62. The van der Waals surface area contributed by atoms with E-state index in [0.29, 0.717) is 25.7 Å². The van der Waals surface area contributed by atoms with Gasteiger partial charge in [-0.05, 0) is 37.5 Å². The zero-order valence-corrected chi connectivity index (χ0v) is 60.9. The lowest BCUT2D eigenvalue weighted by Crippen LogP contribution is -2.30. The van der Waals surface area contributed by atoms with Gasteiger partial charge in [0.05, 0.1) is 26.4 Å². The Labute approximate surface area is 556 Å². The molecule has 19 heteroatoms. The number of hydrogen-bond donors (Lipinski definition) is 3. The Morgan fingerprint density at radius 1 is 0.297 bits per heavy atom. The van der Waals surface area contributed by atoms with Gasteiger partial charge in [0.2, 0.25) is 0 Å². The van der Waals surface area contributed by atoms with Gasteiger partial charge in [0.25, 0.3) is 0 Å². The lowest BCUT2D eigenvalue weighted by Gasteiger charge is -2.21. The van der Waals surface area contributed by atoms with Crippen molar-refractivity contribution in [2.24, 2.45) is 11.8 Å². The van der Waals surface area contributed by atoms with E-state index in [2.05, 4.69) is 41.5 Å². The first-order valence-corrected chi connectivity index (χ1v) is 40.5. The molecule has 5 atom stereocenters. The van der Waals surface area contributed by atoms with Crippen molar-refractivity contribution < 1.29 is 80.2 Å². The van der Waals surface area contributed by atoms with Crippen LogP contribution in [0.15, 0.2) is 0 Å². The molecule has 0 aliphatic rings. The highest BCUT2D eigenvalue weighted by molar-refractivity contribution is 7.47. The normalized spacial score (nSPS) is 14.1. The number of rotatable bonds is 71. The van der Waals surface area contributed by atoms with Gasteiger partial charge >= 0.3 is 39.5 Å². The largest absolute Gasteiger partial charge is 0.472 e. The predicted molar refractivity (Wildman–Crippen MR) is 368 cm³/mol. The van der Waals surface area contributed by atoms with E-state index >= 15 is 0 Å². The minimum atomic E-state index is -4.95. The second kappa shape index (κ2) is 64.1. The molecule has 0 saturated carbocycles. The standard InChI is InChI=1S/C72H140O17P2/c1-7-9-11-13-15-17-30-36-42-48-54-69(74)82-60-67(88-71(76)56-50-44-38-31-18-16-14-12-10-8-2)62-86-90(78,79)84-58-66(73)59-85-91(80,81)87-63-68(61-83-70(75)55-49-43-37-32-27-23-25-29-35-41-47-53-65(5)6)89-72(77)57-51-45-39-33-26-22-20-19-21-24-28-34-40-46-52-64(3)4/h64-68,73H,7-63H2,1-6H3,(H,78,79)(H,80,81)/t66-,67+,68+/m0/s1. The summed E-state index contributed by atoms with van der Waals surface area (Å²) in [5.74, 6) is -0.555. The van der Waals surface area contributed by atoms with Crippen molar-refractivity contribution in [2.75, 3.05) is 39.6 Å². The minimum Gasteiger partial charge on any atom is -0.462 e. The number of carbonyl (C=O) groups excluding carboxylic acids is 4. The highest BCUT2D eigenvalue weighted by atomic mass is 31.2. The molecule has 0 spiro atoms. The zero-order valence-electron chi connectivity index (χ0n) is 59.1. The summed E-state index contributed by atoms with van der Waals surface area (Å²) < 4.78 is 68.3. The maximum Gasteiger partial charge on any atom is 0.472 e. The number of phosphoric ester groups is 2. The van der Waals surface area contributed by atoms with E-state index in [9.17, 15) is 43.2 Å². The SMILES string of the molecule is CCCCCCCCCCCCC(=O)OC[C@H](COP(=O)(O)OC[C@H](O)COP(=O)(O)OC[C@@H](COC(=O)CCCCCCCCCCCCCC(C)C)OC(=O)CCCCCCCCCCCCCCCCC(C)C)OC(=O)CCCCCCCCCCCC. The first-order valence-electron chi connectivity index (χ1n) is 37.5.